The molecule has 4 bridgehead atoms. The highest BCUT2D eigenvalue weighted by Crippen LogP contribution is 2.53. The van der Waals surface area contributed by atoms with Crippen molar-refractivity contribution in [1.29, 1.82) is 0 Å². The van der Waals surface area contributed by atoms with Crippen molar-refractivity contribution in [2.75, 3.05) is 131 Å². The van der Waals surface area contributed by atoms with E-state index in [0.717, 1.165) is 39.3 Å². The normalized spacial score (nSPS) is 17.4. The molecule has 0 amide bonds. The van der Waals surface area contributed by atoms with Crippen LogP contribution < -0.4 is 23.8 Å². The topological polar surface area (TPSA) is 182 Å². The second kappa shape index (κ2) is 26.9. The molecule has 4 aliphatic rings. The zero-order valence-electron chi connectivity index (χ0n) is 43.6. The zero-order valence-corrected chi connectivity index (χ0v) is 46.0. The highest BCUT2D eigenvalue weighted by Gasteiger charge is 2.33. The first-order chi connectivity index (χ1) is 37.4. The van der Waals surface area contributed by atoms with Crippen LogP contribution in [0, 0.1) is 25.6 Å². The van der Waals surface area contributed by atoms with Crippen LogP contribution in [0.1, 0.15) is 22.4 Å². The summed E-state index contributed by atoms with van der Waals surface area (Å²) in [4.78, 5) is 39.9. The number of aliphatic carboxylic acids is 1. The number of anilines is 1. The van der Waals surface area contributed by atoms with E-state index in [-0.39, 0.29) is 25.5 Å². The molecule has 18 nitrogen and oxygen atoms in total. The van der Waals surface area contributed by atoms with Gasteiger partial charge in [0.15, 0.2) is 5.75 Å². The minimum Gasteiger partial charge on any atom is -0.490 e. The summed E-state index contributed by atoms with van der Waals surface area (Å²) in [7, 11) is 3.74. The van der Waals surface area contributed by atoms with E-state index in [4.69, 9.17) is 70.8 Å². The summed E-state index contributed by atoms with van der Waals surface area (Å²) >= 11 is 16.0. The number of benzene rings is 3. The van der Waals surface area contributed by atoms with Crippen molar-refractivity contribution >= 4 is 56.7 Å². The maximum atomic E-state index is 14.4. The highest BCUT2D eigenvalue weighted by atomic mass is 35.5. The molecule has 3 aromatic carbocycles. The van der Waals surface area contributed by atoms with Crippen LogP contribution in [-0.2, 0) is 41.5 Å². The van der Waals surface area contributed by atoms with Gasteiger partial charge in [0.05, 0.1) is 80.6 Å². The Balaban J connectivity index is 0.943. The zero-order chi connectivity index (χ0) is 53.8. The monoisotopic (exact) mass is 1120 g/mol. The molecule has 2 atom stereocenters. The van der Waals surface area contributed by atoms with E-state index >= 15 is 0 Å². The summed E-state index contributed by atoms with van der Waals surface area (Å²) in [5.74, 6) is 0.448. The number of methoxy groups -OCH3 is 1. The molecule has 2 fully saturated rings. The summed E-state index contributed by atoms with van der Waals surface area (Å²) in [5.41, 5.74) is 4.38. The SMILES string of the molecule is COCCOCCOCCOCCOCC1CN(c2nccc(COc3ccc4cc3C[C@H](C(=O)O)Oc3ncnc5sc(-c6ccc(F)cc6)c(c35)-c3c(C)c(Cl)c(c(Cl)c3C)O[C@H](CN3CCN(C)CC3)CO4)n2)C1. The Kier molecular flexibility index (Phi) is 19.6. The average molecular weight is 1120 g/mol. The van der Waals surface area contributed by atoms with Crippen molar-refractivity contribution in [2.24, 2.45) is 5.92 Å². The molecule has 4 aliphatic heterocycles. The lowest BCUT2D eigenvalue weighted by Crippen LogP contribution is -2.49. The number of carboxylic acids is 1. The summed E-state index contributed by atoms with van der Waals surface area (Å²) < 4.78 is 68.2. The number of aromatic nitrogens is 4. The first kappa shape index (κ1) is 56.2. The Hall–Kier alpha value is -5.52. The fourth-order valence-corrected chi connectivity index (χ4v) is 11.0. The molecule has 22 heteroatoms. The van der Waals surface area contributed by atoms with Gasteiger partial charge < -0.3 is 57.5 Å². The third-order valence-electron chi connectivity index (χ3n) is 13.6. The standard InChI is InChI=1S/C55H64Cl2FN7O11S/c1-34-45-35(2)49(57)50(48(34)56)75-42(29-64-15-13-63(3)14-16-64)32-73-41-9-10-43(38(25-41)26-44(54(66)67)76-52-47-46(45)51(77-53(47)61-33-60-52)37-5-7-39(58)8-6-37)74-31-40-11-12-59-55(62-40)65-27-36(28-65)30-72-24-23-71-22-21-70-20-19-69-18-17-68-4/h5-12,25,33,36,42,44H,13-24,26-32H2,1-4H3,(H,66,67)/t42-,44-/m1/s1. The van der Waals surface area contributed by atoms with Gasteiger partial charge >= 0.3 is 5.97 Å². The van der Waals surface area contributed by atoms with E-state index in [1.165, 1.54) is 29.8 Å². The van der Waals surface area contributed by atoms with Gasteiger partial charge in [0.25, 0.3) is 0 Å². The van der Waals surface area contributed by atoms with Gasteiger partial charge in [0.2, 0.25) is 17.9 Å². The number of fused-ring (bicyclic) bond motifs is 7. The van der Waals surface area contributed by atoms with Crippen LogP contribution in [0.4, 0.5) is 10.3 Å². The second-order valence-electron chi connectivity index (χ2n) is 19.1. The molecule has 6 aromatic rings. The Labute approximate surface area is 461 Å². The number of halogens is 3. The molecular formula is C55H64Cl2FN7O11S. The van der Waals surface area contributed by atoms with Gasteiger partial charge in [-0.3, -0.25) is 4.90 Å². The lowest BCUT2D eigenvalue weighted by molar-refractivity contribution is -0.145. The predicted octanol–water partition coefficient (Wildman–Crippen LogP) is 8.07. The van der Waals surface area contributed by atoms with Crippen LogP contribution in [-0.4, -0.2) is 179 Å². The molecule has 1 N–H and O–H groups in total. The van der Waals surface area contributed by atoms with E-state index in [1.54, 1.807) is 49.7 Å². The van der Waals surface area contributed by atoms with Crippen LogP contribution in [0.25, 0.3) is 31.8 Å². The van der Waals surface area contributed by atoms with Crippen molar-refractivity contribution < 1.29 is 56.9 Å². The number of nitrogens with zero attached hydrogens (tertiary/aromatic N) is 7. The maximum absolute atomic E-state index is 14.4. The Morgan fingerprint density at radius 1 is 0.844 bits per heavy atom. The molecule has 0 radical (unpaired) electrons. The molecule has 0 aliphatic carbocycles. The van der Waals surface area contributed by atoms with Crippen LogP contribution in [0.3, 0.4) is 0 Å². The number of carboxylic acid groups (broad SMARTS) is 1. The minimum atomic E-state index is -1.47. The van der Waals surface area contributed by atoms with Crippen LogP contribution in [0.15, 0.2) is 61.1 Å². The predicted molar refractivity (Wildman–Crippen MR) is 291 cm³/mol. The molecule has 10 rings (SSSR count). The molecule has 0 saturated carbocycles. The van der Waals surface area contributed by atoms with Gasteiger partial charge in [-0.05, 0) is 79.5 Å². The number of piperazine rings is 1. The van der Waals surface area contributed by atoms with E-state index in [0.29, 0.717) is 159 Å². The largest absolute Gasteiger partial charge is 0.490 e. The van der Waals surface area contributed by atoms with Crippen molar-refractivity contribution in [2.45, 2.75) is 39.1 Å². The van der Waals surface area contributed by atoms with Crippen molar-refractivity contribution in [3.05, 3.63) is 99.3 Å². The van der Waals surface area contributed by atoms with Gasteiger partial charge in [-0.15, -0.1) is 11.3 Å². The first-order valence-corrected chi connectivity index (χ1v) is 27.3. The fourth-order valence-electron chi connectivity index (χ4n) is 9.37. The minimum absolute atomic E-state index is 0.0239. The van der Waals surface area contributed by atoms with Crippen LogP contribution in [0.2, 0.25) is 10.0 Å². The molecule has 2 saturated heterocycles. The molecule has 3 aromatic heterocycles. The average Bonchev–Trinajstić information content (AvgIpc) is 3.87. The van der Waals surface area contributed by atoms with E-state index in [9.17, 15) is 14.3 Å². The van der Waals surface area contributed by atoms with Crippen LogP contribution in [0.5, 0.6) is 23.1 Å². The summed E-state index contributed by atoms with van der Waals surface area (Å²) in [5, 5.41) is 12.0. The molecule has 7 heterocycles. The first-order valence-electron chi connectivity index (χ1n) is 25.7. The lowest BCUT2D eigenvalue weighted by Gasteiger charge is -2.39. The number of hydrogen-bond acceptors (Lipinski definition) is 18. The van der Waals surface area contributed by atoms with Crippen molar-refractivity contribution in [1.82, 2.24) is 29.7 Å². The van der Waals surface area contributed by atoms with E-state index < -0.39 is 24.0 Å². The summed E-state index contributed by atoms with van der Waals surface area (Å²) in [6.07, 6.45) is 0.863. The molecular weight excluding hydrogens is 1060 g/mol. The van der Waals surface area contributed by atoms with Gasteiger partial charge in [0, 0.05) is 87.5 Å². The quantitative estimate of drug-likeness (QED) is 0.0644. The highest BCUT2D eigenvalue weighted by molar-refractivity contribution is 7.22. The maximum Gasteiger partial charge on any atom is 0.345 e. The van der Waals surface area contributed by atoms with Gasteiger partial charge in [0.1, 0.15) is 47.8 Å². The number of rotatable bonds is 22. The summed E-state index contributed by atoms with van der Waals surface area (Å²) in [6, 6.07) is 13.2. The van der Waals surface area contributed by atoms with Crippen LogP contribution >= 0.6 is 34.5 Å². The van der Waals surface area contributed by atoms with E-state index in [2.05, 4.69) is 36.7 Å². The summed E-state index contributed by atoms with van der Waals surface area (Å²) in [6.45, 7) is 14.0. The smallest absolute Gasteiger partial charge is 0.345 e. The third-order valence-corrected chi connectivity index (χ3v) is 15.6. The number of hydrogen-bond donors (Lipinski definition) is 1. The van der Waals surface area contributed by atoms with Crippen molar-refractivity contribution in [3.63, 3.8) is 0 Å². The Bertz CT molecular complexity index is 2920. The molecule has 412 valence electrons. The number of likely N-dealkylation sites (N-methyl/N-ethyl adjacent to an activating group) is 1. The van der Waals surface area contributed by atoms with Gasteiger partial charge in [-0.25, -0.2) is 29.1 Å². The Morgan fingerprint density at radius 3 is 2.22 bits per heavy atom. The molecule has 0 unspecified atom stereocenters. The fraction of sp³-hybridized carbons (Fsp3) is 0.473. The number of thiophene rings is 1. The van der Waals surface area contributed by atoms with Gasteiger partial charge in [-0.2, -0.15) is 0 Å². The van der Waals surface area contributed by atoms with Gasteiger partial charge in [-0.1, -0.05) is 35.3 Å². The number of carbonyl (C=O) groups is 1. The number of ether oxygens (including phenoxy) is 9. The van der Waals surface area contributed by atoms with E-state index in [1.807, 2.05) is 13.8 Å². The molecule has 0 spiro atoms. The molecule has 77 heavy (non-hydrogen) atoms. The van der Waals surface area contributed by atoms with Crippen molar-refractivity contribution in [3.8, 4) is 44.7 Å². The second-order valence-corrected chi connectivity index (χ2v) is 20.9. The lowest BCUT2D eigenvalue weighted by atomic mass is 9.92. The third kappa shape index (κ3) is 14.2. The Morgan fingerprint density at radius 2 is 1.53 bits per heavy atom.